The molecule has 0 heterocycles. The fraction of sp³-hybridized carbons (Fsp3) is 0.556. The van der Waals surface area contributed by atoms with E-state index in [1.165, 1.54) is 5.56 Å². The van der Waals surface area contributed by atoms with Gasteiger partial charge in [-0.2, -0.15) is 0 Å². The van der Waals surface area contributed by atoms with Gasteiger partial charge in [-0.15, -0.1) is 0 Å². The third-order valence-corrected chi connectivity index (χ3v) is 3.35. The van der Waals surface area contributed by atoms with E-state index in [9.17, 15) is 0 Å². The predicted molar refractivity (Wildman–Crippen MR) is 88.6 cm³/mol. The van der Waals surface area contributed by atoms with E-state index in [2.05, 4.69) is 37.9 Å². The third kappa shape index (κ3) is 5.43. The topological polar surface area (TPSA) is 30.5 Å². The molecule has 0 aliphatic heterocycles. The molecule has 1 aromatic rings. The number of rotatable bonds is 9. The molecule has 3 heteroatoms. The third-order valence-electron chi connectivity index (χ3n) is 3.35. The highest BCUT2D eigenvalue weighted by Crippen LogP contribution is 2.27. The molecule has 0 atom stereocenters. The zero-order chi connectivity index (χ0) is 15.9. The SMILES string of the molecule is C=C(OCC)C(C)(C)Oc1ccc(CNCCC)cc1C. The Morgan fingerprint density at radius 2 is 2.00 bits per heavy atom. The molecule has 1 N–H and O–H groups in total. The maximum Gasteiger partial charge on any atom is 0.159 e. The number of benzene rings is 1. The van der Waals surface area contributed by atoms with Gasteiger partial charge in [-0.1, -0.05) is 25.6 Å². The lowest BCUT2D eigenvalue weighted by atomic mass is 10.1. The van der Waals surface area contributed by atoms with Crippen LogP contribution in [-0.4, -0.2) is 18.8 Å². The monoisotopic (exact) mass is 291 g/mol. The summed E-state index contributed by atoms with van der Waals surface area (Å²) in [4.78, 5) is 0. The van der Waals surface area contributed by atoms with Crippen LogP contribution in [0.5, 0.6) is 5.75 Å². The minimum atomic E-state index is -0.539. The predicted octanol–water partition coefficient (Wildman–Crippen LogP) is 4.20. The molecule has 1 rings (SSSR count). The van der Waals surface area contributed by atoms with Crippen molar-refractivity contribution in [3.8, 4) is 5.75 Å². The summed E-state index contributed by atoms with van der Waals surface area (Å²) in [6.45, 7) is 16.6. The van der Waals surface area contributed by atoms with Crippen LogP contribution in [0.3, 0.4) is 0 Å². The Morgan fingerprint density at radius 1 is 1.29 bits per heavy atom. The second-order valence-corrected chi connectivity index (χ2v) is 5.75. The van der Waals surface area contributed by atoms with Gasteiger partial charge in [0.15, 0.2) is 5.60 Å². The molecule has 0 unspecified atom stereocenters. The van der Waals surface area contributed by atoms with E-state index < -0.39 is 5.60 Å². The molecule has 0 saturated carbocycles. The van der Waals surface area contributed by atoms with Gasteiger partial charge in [0.2, 0.25) is 0 Å². The zero-order valence-corrected chi connectivity index (χ0v) is 14.1. The maximum absolute atomic E-state index is 6.08. The molecule has 1 aromatic carbocycles. The summed E-state index contributed by atoms with van der Waals surface area (Å²) in [5.41, 5.74) is 1.86. The number of hydrogen-bond acceptors (Lipinski definition) is 3. The first kappa shape index (κ1) is 17.6. The molecule has 0 aliphatic rings. The van der Waals surface area contributed by atoms with Crippen LogP contribution in [0.4, 0.5) is 0 Å². The standard InChI is InChI=1S/C18H29NO2/c1-7-11-19-13-16-9-10-17(14(3)12-16)21-18(5,6)15(4)20-8-2/h9-10,12,19H,4,7-8,11,13H2,1-3,5-6H3. The first-order chi connectivity index (χ1) is 9.90. The van der Waals surface area contributed by atoms with Gasteiger partial charge < -0.3 is 14.8 Å². The Morgan fingerprint density at radius 3 is 2.57 bits per heavy atom. The van der Waals surface area contributed by atoms with Crippen LogP contribution in [0.1, 0.15) is 45.2 Å². The Hall–Kier alpha value is -1.48. The van der Waals surface area contributed by atoms with Gasteiger partial charge in [0.25, 0.3) is 0 Å². The maximum atomic E-state index is 6.08. The fourth-order valence-electron chi connectivity index (χ4n) is 2.03. The summed E-state index contributed by atoms with van der Waals surface area (Å²) in [5, 5.41) is 3.41. The average Bonchev–Trinajstić information content (AvgIpc) is 2.42. The molecule has 0 spiro atoms. The summed E-state index contributed by atoms with van der Waals surface area (Å²) in [6.07, 6.45) is 1.15. The van der Waals surface area contributed by atoms with Crippen LogP contribution in [0.2, 0.25) is 0 Å². The molecule has 3 nitrogen and oxygen atoms in total. The Kier molecular flexibility index (Phi) is 6.76. The van der Waals surface area contributed by atoms with E-state index in [1.54, 1.807) is 0 Å². The van der Waals surface area contributed by atoms with Crippen molar-refractivity contribution >= 4 is 0 Å². The molecule has 0 amide bonds. The molecule has 0 radical (unpaired) electrons. The van der Waals surface area contributed by atoms with Gasteiger partial charge >= 0.3 is 0 Å². The molecular formula is C18H29NO2. The molecular weight excluding hydrogens is 262 g/mol. The summed E-state index contributed by atoms with van der Waals surface area (Å²) in [7, 11) is 0. The van der Waals surface area contributed by atoms with Crippen LogP contribution >= 0.6 is 0 Å². The van der Waals surface area contributed by atoms with Gasteiger partial charge in [0.05, 0.1) is 6.61 Å². The zero-order valence-electron chi connectivity index (χ0n) is 14.1. The minimum absolute atomic E-state index is 0.539. The van der Waals surface area contributed by atoms with Crippen LogP contribution in [0.25, 0.3) is 0 Å². The van der Waals surface area contributed by atoms with Crippen molar-refractivity contribution in [1.82, 2.24) is 5.32 Å². The van der Waals surface area contributed by atoms with Gasteiger partial charge in [-0.05, 0) is 57.9 Å². The molecule has 0 bridgehead atoms. The highest BCUT2D eigenvalue weighted by atomic mass is 16.5. The Balaban J connectivity index is 2.74. The van der Waals surface area contributed by atoms with Crippen molar-refractivity contribution in [2.75, 3.05) is 13.2 Å². The lowest BCUT2D eigenvalue weighted by Crippen LogP contribution is -2.32. The number of aryl methyl sites for hydroxylation is 1. The van der Waals surface area contributed by atoms with Gasteiger partial charge in [-0.25, -0.2) is 0 Å². The van der Waals surface area contributed by atoms with Gasteiger partial charge in [-0.3, -0.25) is 0 Å². The van der Waals surface area contributed by atoms with Gasteiger partial charge in [0, 0.05) is 6.54 Å². The number of hydrogen-bond donors (Lipinski definition) is 1. The van der Waals surface area contributed by atoms with Crippen molar-refractivity contribution < 1.29 is 9.47 Å². The van der Waals surface area contributed by atoms with E-state index in [4.69, 9.17) is 9.47 Å². The normalized spacial score (nSPS) is 11.3. The van der Waals surface area contributed by atoms with E-state index in [0.29, 0.717) is 12.4 Å². The Labute approximate surface area is 129 Å². The lowest BCUT2D eigenvalue weighted by Gasteiger charge is -2.29. The second-order valence-electron chi connectivity index (χ2n) is 5.75. The molecule has 21 heavy (non-hydrogen) atoms. The molecule has 118 valence electrons. The molecule has 0 aliphatic carbocycles. The smallest absolute Gasteiger partial charge is 0.159 e. The average molecular weight is 291 g/mol. The lowest BCUT2D eigenvalue weighted by molar-refractivity contribution is 0.0637. The second kappa shape index (κ2) is 8.08. The summed E-state index contributed by atoms with van der Waals surface area (Å²) in [6, 6.07) is 6.29. The first-order valence-corrected chi connectivity index (χ1v) is 7.72. The quantitative estimate of drug-likeness (QED) is 0.546. The molecule has 0 aromatic heterocycles. The largest absolute Gasteiger partial charge is 0.495 e. The van der Waals surface area contributed by atoms with Crippen molar-refractivity contribution in [1.29, 1.82) is 0 Å². The van der Waals surface area contributed by atoms with E-state index >= 15 is 0 Å². The highest BCUT2D eigenvalue weighted by molar-refractivity contribution is 5.37. The van der Waals surface area contributed by atoms with Crippen LogP contribution < -0.4 is 10.1 Å². The number of ether oxygens (including phenoxy) is 2. The van der Waals surface area contributed by atoms with Crippen molar-refractivity contribution in [3.05, 3.63) is 41.7 Å². The van der Waals surface area contributed by atoms with Crippen molar-refractivity contribution in [2.24, 2.45) is 0 Å². The van der Waals surface area contributed by atoms with Crippen molar-refractivity contribution in [3.63, 3.8) is 0 Å². The summed E-state index contributed by atoms with van der Waals surface area (Å²) < 4.78 is 11.6. The van der Waals surface area contributed by atoms with Crippen LogP contribution in [0.15, 0.2) is 30.5 Å². The Bertz CT molecular complexity index is 466. The summed E-state index contributed by atoms with van der Waals surface area (Å²) >= 11 is 0. The fourth-order valence-corrected chi connectivity index (χ4v) is 2.03. The summed E-state index contributed by atoms with van der Waals surface area (Å²) in [5.74, 6) is 1.53. The minimum Gasteiger partial charge on any atom is -0.495 e. The van der Waals surface area contributed by atoms with Gasteiger partial charge in [0.1, 0.15) is 11.5 Å². The van der Waals surface area contributed by atoms with E-state index in [1.807, 2.05) is 26.8 Å². The molecule has 0 saturated heterocycles. The van der Waals surface area contributed by atoms with E-state index in [0.717, 1.165) is 30.8 Å². The first-order valence-electron chi connectivity index (χ1n) is 7.72. The molecule has 0 fully saturated rings. The van der Waals surface area contributed by atoms with E-state index in [-0.39, 0.29) is 0 Å². The van der Waals surface area contributed by atoms with Crippen LogP contribution in [0, 0.1) is 6.92 Å². The van der Waals surface area contributed by atoms with Crippen molar-refractivity contribution in [2.45, 2.75) is 53.2 Å². The van der Waals surface area contributed by atoms with Crippen LogP contribution in [-0.2, 0) is 11.3 Å². The highest BCUT2D eigenvalue weighted by Gasteiger charge is 2.26. The number of nitrogens with one attached hydrogen (secondary N) is 1.